The molecule has 4 heteroatoms. The summed E-state index contributed by atoms with van der Waals surface area (Å²) >= 11 is 0. The molecule has 0 radical (unpaired) electrons. The first-order valence-corrected chi connectivity index (χ1v) is 6.92. The summed E-state index contributed by atoms with van der Waals surface area (Å²) in [6.07, 6.45) is 1.84. The van der Waals surface area contributed by atoms with Gasteiger partial charge in [0.25, 0.3) is 0 Å². The van der Waals surface area contributed by atoms with Crippen LogP contribution in [0.15, 0.2) is 42.6 Å². The highest BCUT2D eigenvalue weighted by Crippen LogP contribution is 2.31. The molecule has 2 N–H and O–H groups in total. The predicted octanol–water partition coefficient (Wildman–Crippen LogP) is 3.44. The third kappa shape index (κ3) is 2.29. The van der Waals surface area contributed by atoms with Crippen LogP contribution in [0.1, 0.15) is 17.0 Å². The maximum atomic E-state index is 6.14. The zero-order valence-corrected chi connectivity index (χ0v) is 12.5. The number of nitrogens with two attached hydrogens (primary N) is 1. The van der Waals surface area contributed by atoms with Crippen LogP contribution in [0.2, 0.25) is 0 Å². The zero-order chi connectivity index (χ0) is 15.0. The van der Waals surface area contributed by atoms with Gasteiger partial charge in [0, 0.05) is 11.8 Å². The standard InChI is InChI=1S/C17H18N4/c1-11-9-15(18)17(19-10-11)16-12(2)20-21(13(16)3)14-7-5-4-6-8-14/h4-10H,18H2,1-3H3. The zero-order valence-electron chi connectivity index (χ0n) is 12.5. The number of hydrogen-bond acceptors (Lipinski definition) is 3. The van der Waals surface area contributed by atoms with Crippen LogP contribution in [0.3, 0.4) is 0 Å². The van der Waals surface area contributed by atoms with Crippen LogP contribution >= 0.6 is 0 Å². The van der Waals surface area contributed by atoms with Gasteiger partial charge in [-0.3, -0.25) is 4.98 Å². The van der Waals surface area contributed by atoms with Gasteiger partial charge in [0.15, 0.2) is 0 Å². The van der Waals surface area contributed by atoms with Gasteiger partial charge in [0.2, 0.25) is 0 Å². The molecule has 0 saturated heterocycles. The second kappa shape index (κ2) is 5.05. The summed E-state index contributed by atoms with van der Waals surface area (Å²) in [6, 6.07) is 12.0. The van der Waals surface area contributed by atoms with Gasteiger partial charge in [-0.15, -0.1) is 0 Å². The van der Waals surface area contributed by atoms with Crippen LogP contribution in [0.25, 0.3) is 16.9 Å². The van der Waals surface area contributed by atoms with E-state index < -0.39 is 0 Å². The molecule has 0 saturated carbocycles. The van der Waals surface area contributed by atoms with Crippen LogP contribution < -0.4 is 5.73 Å². The Balaban J connectivity index is 2.19. The van der Waals surface area contributed by atoms with Crippen molar-refractivity contribution in [2.75, 3.05) is 5.73 Å². The average Bonchev–Trinajstić information content (AvgIpc) is 2.76. The van der Waals surface area contributed by atoms with Gasteiger partial charge in [0.1, 0.15) is 0 Å². The van der Waals surface area contributed by atoms with E-state index >= 15 is 0 Å². The van der Waals surface area contributed by atoms with E-state index in [1.807, 2.05) is 68.0 Å². The first-order valence-electron chi connectivity index (χ1n) is 6.92. The Bertz CT molecular complexity index is 788. The number of nitrogens with zero attached hydrogens (tertiary/aromatic N) is 3. The highest BCUT2D eigenvalue weighted by molar-refractivity contribution is 5.76. The monoisotopic (exact) mass is 278 g/mol. The minimum Gasteiger partial charge on any atom is -0.397 e. The molecule has 0 spiro atoms. The third-order valence-corrected chi connectivity index (χ3v) is 3.58. The Morgan fingerprint density at radius 3 is 2.43 bits per heavy atom. The number of nitrogen functional groups attached to an aromatic ring is 1. The lowest BCUT2D eigenvalue weighted by atomic mass is 10.1. The summed E-state index contributed by atoms with van der Waals surface area (Å²) < 4.78 is 1.94. The molecule has 2 aromatic heterocycles. The summed E-state index contributed by atoms with van der Waals surface area (Å²) in [5, 5.41) is 4.64. The van der Waals surface area contributed by atoms with E-state index in [1.54, 1.807) is 0 Å². The van der Waals surface area contributed by atoms with E-state index in [1.165, 1.54) is 0 Å². The molecule has 0 atom stereocenters. The van der Waals surface area contributed by atoms with Crippen molar-refractivity contribution < 1.29 is 0 Å². The minimum atomic E-state index is 0.689. The van der Waals surface area contributed by atoms with E-state index in [2.05, 4.69) is 10.1 Å². The number of anilines is 1. The van der Waals surface area contributed by atoms with Gasteiger partial charge >= 0.3 is 0 Å². The topological polar surface area (TPSA) is 56.7 Å². The summed E-state index contributed by atoms with van der Waals surface area (Å²) in [6.45, 7) is 6.02. The number of rotatable bonds is 2. The summed E-state index contributed by atoms with van der Waals surface area (Å²) in [5.74, 6) is 0. The molecule has 0 aliphatic carbocycles. The van der Waals surface area contributed by atoms with E-state index in [9.17, 15) is 0 Å². The average molecular weight is 278 g/mol. The molecule has 2 heterocycles. The first-order chi connectivity index (χ1) is 10.1. The molecule has 0 fully saturated rings. The number of aryl methyl sites for hydroxylation is 2. The number of hydrogen-bond donors (Lipinski definition) is 1. The number of benzene rings is 1. The van der Waals surface area contributed by atoms with Crippen molar-refractivity contribution in [1.29, 1.82) is 0 Å². The molecule has 4 nitrogen and oxygen atoms in total. The number of pyridine rings is 1. The van der Waals surface area contributed by atoms with E-state index in [4.69, 9.17) is 5.73 Å². The highest BCUT2D eigenvalue weighted by atomic mass is 15.3. The fraction of sp³-hybridized carbons (Fsp3) is 0.176. The van der Waals surface area contributed by atoms with Crippen molar-refractivity contribution in [2.45, 2.75) is 20.8 Å². The molecule has 0 amide bonds. The van der Waals surface area contributed by atoms with E-state index in [0.717, 1.165) is 33.9 Å². The Labute approximate surface area is 124 Å². The Hall–Kier alpha value is -2.62. The SMILES string of the molecule is Cc1cnc(-c2c(C)nn(-c3ccccc3)c2C)c(N)c1. The minimum absolute atomic E-state index is 0.689. The molecular weight excluding hydrogens is 260 g/mol. The molecule has 0 aliphatic heterocycles. The van der Waals surface area contributed by atoms with Crippen LogP contribution in [-0.2, 0) is 0 Å². The molecule has 0 aliphatic rings. The van der Waals surface area contributed by atoms with Gasteiger partial charge in [-0.25, -0.2) is 4.68 Å². The van der Waals surface area contributed by atoms with Crippen molar-refractivity contribution >= 4 is 5.69 Å². The largest absolute Gasteiger partial charge is 0.397 e. The third-order valence-electron chi connectivity index (χ3n) is 3.58. The first kappa shape index (κ1) is 13.4. The summed E-state index contributed by atoms with van der Waals surface area (Å²) in [4.78, 5) is 4.50. The predicted molar refractivity (Wildman–Crippen MR) is 85.4 cm³/mol. The van der Waals surface area contributed by atoms with Gasteiger partial charge in [0.05, 0.1) is 28.5 Å². The molecule has 3 aromatic rings. The van der Waals surface area contributed by atoms with Crippen molar-refractivity contribution in [3.8, 4) is 16.9 Å². The van der Waals surface area contributed by atoms with Crippen LogP contribution in [-0.4, -0.2) is 14.8 Å². The van der Waals surface area contributed by atoms with Crippen LogP contribution in [0.5, 0.6) is 0 Å². The second-order valence-electron chi connectivity index (χ2n) is 5.24. The maximum absolute atomic E-state index is 6.14. The number of para-hydroxylation sites is 1. The van der Waals surface area contributed by atoms with Crippen molar-refractivity contribution in [3.63, 3.8) is 0 Å². The summed E-state index contributed by atoms with van der Waals surface area (Å²) in [5.41, 5.74) is 12.7. The molecule has 1 aromatic carbocycles. The fourth-order valence-electron chi connectivity index (χ4n) is 2.61. The van der Waals surface area contributed by atoms with Crippen LogP contribution in [0, 0.1) is 20.8 Å². The van der Waals surface area contributed by atoms with Crippen molar-refractivity contribution in [1.82, 2.24) is 14.8 Å². The normalized spacial score (nSPS) is 10.8. The maximum Gasteiger partial charge on any atom is 0.0968 e. The quantitative estimate of drug-likeness (QED) is 0.781. The van der Waals surface area contributed by atoms with Gasteiger partial charge in [-0.2, -0.15) is 5.10 Å². The Morgan fingerprint density at radius 1 is 1.05 bits per heavy atom. The van der Waals surface area contributed by atoms with Gasteiger partial charge in [-0.05, 0) is 44.5 Å². The highest BCUT2D eigenvalue weighted by Gasteiger charge is 2.17. The lowest BCUT2D eigenvalue weighted by molar-refractivity contribution is 0.834. The van der Waals surface area contributed by atoms with Gasteiger partial charge < -0.3 is 5.73 Å². The van der Waals surface area contributed by atoms with E-state index in [-0.39, 0.29) is 0 Å². The second-order valence-corrected chi connectivity index (χ2v) is 5.24. The summed E-state index contributed by atoms with van der Waals surface area (Å²) in [7, 11) is 0. The Kier molecular flexibility index (Phi) is 3.22. The van der Waals surface area contributed by atoms with Crippen LogP contribution in [0.4, 0.5) is 5.69 Å². The molecular formula is C17H18N4. The molecule has 0 unspecified atom stereocenters. The molecule has 21 heavy (non-hydrogen) atoms. The smallest absolute Gasteiger partial charge is 0.0968 e. The molecule has 106 valence electrons. The van der Waals surface area contributed by atoms with Gasteiger partial charge in [-0.1, -0.05) is 18.2 Å². The fourth-order valence-corrected chi connectivity index (χ4v) is 2.61. The lowest BCUT2D eigenvalue weighted by Crippen LogP contribution is -1.99. The van der Waals surface area contributed by atoms with Crippen molar-refractivity contribution in [2.24, 2.45) is 0 Å². The Morgan fingerprint density at radius 2 is 1.76 bits per heavy atom. The van der Waals surface area contributed by atoms with Crippen molar-refractivity contribution in [3.05, 3.63) is 59.5 Å². The molecule has 0 bridgehead atoms. The number of aromatic nitrogens is 3. The lowest BCUT2D eigenvalue weighted by Gasteiger charge is -2.07. The molecule has 3 rings (SSSR count). The van der Waals surface area contributed by atoms with E-state index in [0.29, 0.717) is 5.69 Å².